The first-order valence-electron chi connectivity index (χ1n) is 10.0. The van der Waals surface area contributed by atoms with Crippen molar-refractivity contribution in [3.8, 4) is 0 Å². The number of fused-ring (bicyclic) bond motifs is 1. The zero-order valence-corrected chi connectivity index (χ0v) is 18.6. The van der Waals surface area contributed by atoms with Crippen LogP contribution in [0.3, 0.4) is 0 Å². The SMILES string of the molecule is CCCCCCCCCC([AsH2])C(CC)c1cccc2ccccc12.O. The van der Waals surface area contributed by atoms with Crippen LogP contribution in [0.5, 0.6) is 0 Å². The van der Waals surface area contributed by atoms with E-state index in [2.05, 4.69) is 56.3 Å². The van der Waals surface area contributed by atoms with Crippen molar-refractivity contribution >= 4 is 27.6 Å². The fourth-order valence-electron chi connectivity index (χ4n) is 3.87. The minimum absolute atomic E-state index is 0. The average Bonchev–Trinajstić information content (AvgIpc) is 2.62. The number of benzene rings is 2. The van der Waals surface area contributed by atoms with Gasteiger partial charge in [-0.3, -0.25) is 0 Å². The smallest absolute Gasteiger partial charge is 0.412 e. The van der Waals surface area contributed by atoms with Gasteiger partial charge in [-0.25, -0.2) is 0 Å². The van der Waals surface area contributed by atoms with Crippen molar-refractivity contribution in [3.63, 3.8) is 0 Å². The molecule has 0 bridgehead atoms. The molecule has 0 fully saturated rings. The van der Waals surface area contributed by atoms with Gasteiger partial charge in [0.15, 0.2) is 0 Å². The van der Waals surface area contributed by atoms with Crippen LogP contribution in [-0.4, -0.2) is 22.3 Å². The first kappa shape index (κ1) is 22.3. The van der Waals surface area contributed by atoms with Gasteiger partial charge in [0.25, 0.3) is 0 Å². The van der Waals surface area contributed by atoms with Crippen LogP contribution in [0.25, 0.3) is 10.8 Å². The monoisotopic (exact) mass is 404 g/mol. The molecular formula is C23H37AsO. The predicted octanol–water partition coefficient (Wildman–Crippen LogP) is 6.07. The average molecular weight is 404 g/mol. The van der Waals surface area contributed by atoms with Gasteiger partial charge in [0, 0.05) is 0 Å². The van der Waals surface area contributed by atoms with Crippen LogP contribution in [0.2, 0.25) is 4.71 Å². The van der Waals surface area contributed by atoms with E-state index in [4.69, 9.17) is 0 Å². The standard InChI is InChI=1S/C23H35As.H2O/c1-3-5-6-7-8-9-10-18-23(24)20(4-2)22-17-13-15-19-14-11-12-16-21(19)22;/h11-17,20,23H,3-10,18,24H2,1-2H3;1H2. The summed E-state index contributed by atoms with van der Waals surface area (Å²) >= 11 is 1.95. The fourth-order valence-corrected chi connectivity index (χ4v) is 5.37. The maximum atomic E-state index is 2.37. The Morgan fingerprint density at radius 3 is 2.16 bits per heavy atom. The molecule has 2 heteroatoms. The molecule has 3 atom stereocenters. The Balaban J connectivity index is 0.00000312. The molecule has 0 saturated carbocycles. The Kier molecular flexibility index (Phi) is 11.2. The maximum Gasteiger partial charge on any atom is -0.412 e. The van der Waals surface area contributed by atoms with Gasteiger partial charge < -0.3 is 5.48 Å². The molecule has 2 aromatic rings. The molecule has 0 aliphatic heterocycles. The number of rotatable bonds is 11. The third kappa shape index (κ3) is 6.80. The van der Waals surface area contributed by atoms with E-state index in [-0.39, 0.29) is 5.48 Å². The van der Waals surface area contributed by atoms with Crippen molar-refractivity contribution in [3.05, 3.63) is 48.0 Å². The molecule has 2 aromatic carbocycles. The summed E-state index contributed by atoms with van der Waals surface area (Å²) in [7, 11) is 0. The van der Waals surface area contributed by atoms with E-state index in [9.17, 15) is 0 Å². The molecule has 140 valence electrons. The van der Waals surface area contributed by atoms with Gasteiger partial charge in [-0.2, -0.15) is 0 Å². The van der Waals surface area contributed by atoms with Crippen LogP contribution in [0, 0.1) is 0 Å². The zero-order valence-electron chi connectivity index (χ0n) is 16.1. The topological polar surface area (TPSA) is 31.5 Å². The first-order chi connectivity index (χ1) is 11.8. The first-order valence-corrected chi connectivity index (χ1v) is 11.4. The summed E-state index contributed by atoms with van der Waals surface area (Å²) in [5.41, 5.74) is 1.58. The molecule has 2 N–H and O–H groups in total. The van der Waals surface area contributed by atoms with Crippen molar-refractivity contribution < 1.29 is 5.48 Å². The summed E-state index contributed by atoms with van der Waals surface area (Å²) in [6.07, 6.45) is 12.6. The van der Waals surface area contributed by atoms with Gasteiger partial charge in [0.05, 0.1) is 0 Å². The van der Waals surface area contributed by atoms with Crippen molar-refractivity contribution in [2.45, 2.75) is 82.3 Å². The van der Waals surface area contributed by atoms with Gasteiger partial charge >= 0.3 is 158 Å². The van der Waals surface area contributed by atoms with Crippen LogP contribution in [-0.2, 0) is 0 Å². The number of hydrogen-bond donors (Lipinski definition) is 0. The molecule has 0 saturated heterocycles. The van der Waals surface area contributed by atoms with E-state index in [0.717, 1.165) is 10.6 Å². The molecule has 0 aliphatic rings. The molecule has 0 spiro atoms. The Morgan fingerprint density at radius 1 is 0.800 bits per heavy atom. The Morgan fingerprint density at radius 2 is 1.44 bits per heavy atom. The van der Waals surface area contributed by atoms with E-state index in [1.54, 1.807) is 5.56 Å². The van der Waals surface area contributed by atoms with Crippen LogP contribution >= 0.6 is 0 Å². The molecule has 1 nitrogen and oxygen atoms in total. The van der Waals surface area contributed by atoms with E-state index >= 15 is 0 Å². The summed E-state index contributed by atoms with van der Waals surface area (Å²) in [5.74, 6) is 0.719. The molecule has 0 aliphatic carbocycles. The fraction of sp³-hybridized carbons (Fsp3) is 0.565. The Hall–Kier alpha value is -0.782. The van der Waals surface area contributed by atoms with Crippen molar-refractivity contribution in [2.75, 3.05) is 0 Å². The Bertz CT molecular complexity index is 590. The van der Waals surface area contributed by atoms with Crippen LogP contribution < -0.4 is 0 Å². The molecule has 25 heavy (non-hydrogen) atoms. The normalized spacial score (nSPS) is 13.4. The van der Waals surface area contributed by atoms with Crippen LogP contribution in [0.15, 0.2) is 42.5 Å². The van der Waals surface area contributed by atoms with Gasteiger partial charge in [0.1, 0.15) is 0 Å². The molecule has 0 radical (unpaired) electrons. The van der Waals surface area contributed by atoms with Crippen LogP contribution in [0.4, 0.5) is 0 Å². The second-order valence-electron chi connectivity index (χ2n) is 7.16. The predicted molar refractivity (Wildman–Crippen MR) is 115 cm³/mol. The molecule has 2 rings (SSSR count). The van der Waals surface area contributed by atoms with E-state index in [1.165, 1.54) is 68.6 Å². The Labute approximate surface area is 163 Å². The summed E-state index contributed by atoms with van der Waals surface area (Å²) in [6.45, 7) is 4.66. The van der Waals surface area contributed by atoms with Gasteiger partial charge in [-0.05, 0) is 0 Å². The van der Waals surface area contributed by atoms with Crippen molar-refractivity contribution in [2.24, 2.45) is 0 Å². The zero-order chi connectivity index (χ0) is 17.2. The largest absolute Gasteiger partial charge is 0.412 e. The minimum Gasteiger partial charge on any atom is -0.412 e. The minimum atomic E-state index is 0. The molecule has 3 unspecified atom stereocenters. The van der Waals surface area contributed by atoms with Crippen molar-refractivity contribution in [1.82, 2.24) is 0 Å². The molecule has 0 amide bonds. The maximum absolute atomic E-state index is 2.37. The quantitative estimate of drug-likeness (QED) is 0.322. The molecular weight excluding hydrogens is 367 g/mol. The van der Waals surface area contributed by atoms with E-state index < -0.39 is 0 Å². The number of unbranched alkanes of at least 4 members (excludes halogenated alkanes) is 6. The summed E-state index contributed by atoms with van der Waals surface area (Å²) in [6, 6.07) is 15.8. The van der Waals surface area contributed by atoms with E-state index in [0.29, 0.717) is 0 Å². The van der Waals surface area contributed by atoms with Gasteiger partial charge in [-0.15, -0.1) is 0 Å². The second-order valence-corrected chi connectivity index (χ2v) is 8.95. The summed E-state index contributed by atoms with van der Waals surface area (Å²) in [5, 5.41) is 2.86. The summed E-state index contributed by atoms with van der Waals surface area (Å²) in [4.78, 5) is 0. The van der Waals surface area contributed by atoms with Crippen molar-refractivity contribution in [1.29, 1.82) is 0 Å². The molecule has 0 aromatic heterocycles. The third-order valence-corrected chi connectivity index (χ3v) is 6.99. The number of hydrogen-bond acceptors (Lipinski definition) is 0. The molecule has 0 heterocycles. The van der Waals surface area contributed by atoms with Gasteiger partial charge in [0.2, 0.25) is 0 Å². The van der Waals surface area contributed by atoms with Crippen LogP contribution in [0.1, 0.15) is 83.1 Å². The summed E-state index contributed by atoms with van der Waals surface area (Å²) < 4.78 is 0.837. The van der Waals surface area contributed by atoms with Gasteiger partial charge in [-0.1, -0.05) is 0 Å². The second kappa shape index (κ2) is 12.6. The third-order valence-electron chi connectivity index (χ3n) is 5.32. The van der Waals surface area contributed by atoms with E-state index in [1.807, 2.05) is 16.9 Å².